The molecule has 1 N–H and O–H groups in total. The van der Waals surface area contributed by atoms with Crippen LogP contribution >= 0.6 is 0 Å². The third-order valence-electron chi connectivity index (χ3n) is 5.66. The molecule has 6 nitrogen and oxygen atoms in total. The molecule has 0 unspecified atom stereocenters. The van der Waals surface area contributed by atoms with Crippen molar-refractivity contribution in [3.63, 3.8) is 0 Å². The molecule has 0 atom stereocenters. The van der Waals surface area contributed by atoms with Crippen molar-refractivity contribution in [3.8, 4) is 0 Å². The lowest BCUT2D eigenvalue weighted by Crippen LogP contribution is -2.47. The molecule has 1 amide bonds. The summed E-state index contributed by atoms with van der Waals surface area (Å²) in [6.07, 6.45) is 1.68. The van der Waals surface area contributed by atoms with Crippen molar-refractivity contribution in [3.05, 3.63) is 64.7 Å². The molecule has 7 heteroatoms. The predicted octanol–water partition coefficient (Wildman–Crippen LogP) is 3.14. The van der Waals surface area contributed by atoms with Crippen LogP contribution in [0.15, 0.2) is 42.5 Å². The Labute approximate surface area is 179 Å². The average molecular weight is 430 g/mol. The van der Waals surface area contributed by atoms with Gasteiger partial charge in [-0.2, -0.15) is 4.31 Å². The van der Waals surface area contributed by atoms with Crippen LogP contribution in [0.1, 0.15) is 40.9 Å². The van der Waals surface area contributed by atoms with Crippen LogP contribution in [0.4, 0.5) is 5.69 Å². The van der Waals surface area contributed by atoms with E-state index in [0.29, 0.717) is 24.2 Å². The van der Waals surface area contributed by atoms with Crippen LogP contribution in [0.3, 0.4) is 0 Å². The Bertz CT molecular complexity index is 957. The minimum Gasteiger partial charge on any atom is -0.321 e. The molecular formula is C23H31N3O3S. The van der Waals surface area contributed by atoms with Gasteiger partial charge in [0.2, 0.25) is 10.0 Å². The zero-order chi connectivity index (χ0) is 21.7. The summed E-state index contributed by atoms with van der Waals surface area (Å²) >= 11 is 0. The van der Waals surface area contributed by atoms with Crippen molar-refractivity contribution >= 4 is 21.6 Å². The quantitative estimate of drug-likeness (QED) is 0.734. The standard InChI is InChI=1S/C23H31N3O3S/c1-4-19-7-6-8-20(5-2)22(19)24-23(27)21-11-9-18(10-12-21)17-30(28,29)26-15-13-25(3)14-16-26/h6-12H,4-5,13-17H2,1-3H3,(H,24,27). The first kappa shape index (κ1) is 22.5. The second-order valence-corrected chi connectivity index (χ2v) is 9.74. The summed E-state index contributed by atoms with van der Waals surface area (Å²) in [6, 6.07) is 12.9. The maximum Gasteiger partial charge on any atom is 0.255 e. The largest absolute Gasteiger partial charge is 0.321 e. The zero-order valence-electron chi connectivity index (χ0n) is 18.0. The first-order chi connectivity index (χ1) is 14.3. The van der Waals surface area contributed by atoms with Gasteiger partial charge in [-0.3, -0.25) is 4.79 Å². The fourth-order valence-electron chi connectivity index (χ4n) is 3.71. The molecule has 1 saturated heterocycles. The summed E-state index contributed by atoms with van der Waals surface area (Å²) in [4.78, 5) is 14.9. The summed E-state index contributed by atoms with van der Waals surface area (Å²) in [6.45, 7) is 6.68. The molecule has 162 valence electrons. The fourth-order valence-corrected chi connectivity index (χ4v) is 5.23. The number of carbonyl (C=O) groups excluding carboxylic acids is 1. The number of anilines is 1. The van der Waals surface area contributed by atoms with Crippen LogP contribution < -0.4 is 5.32 Å². The molecule has 0 aromatic heterocycles. The molecule has 30 heavy (non-hydrogen) atoms. The molecule has 1 aliphatic heterocycles. The van der Waals surface area contributed by atoms with E-state index in [0.717, 1.165) is 42.7 Å². The van der Waals surface area contributed by atoms with Crippen molar-refractivity contribution in [1.29, 1.82) is 0 Å². The number of para-hydroxylation sites is 1. The summed E-state index contributed by atoms with van der Waals surface area (Å²) in [5, 5.41) is 3.05. The molecule has 0 saturated carbocycles. The van der Waals surface area contributed by atoms with Crippen LogP contribution in [0.25, 0.3) is 0 Å². The number of amides is 1. The first-order valence-corrected chi connectivity index (χ1v) is 12.1. The van der Waals surface area contributed by atoms with Crippen LogP contribution in [0.2, 0.25) is 0 Å². The predicted molar refractivity (Wildman–Crippen MR) is 121 cm³/mol. The minimum atomic E-state index is -3.35. The van der Waals surface area contributed by atoms with E-state index in [2.05, 4.69) is 24.1 Å². The number of benzene rings is 2. The summed E-state index contributed by atoms with van der Waals surface area (Å²) in [5.41, 5.74) is 4.31. The number of piperazine rings is 1. The smallest absolute Gasteiger partial charge is 0.255 e. The van der Waals surface area contributed by atoms with Gasteiger partial charge in [-0.1, -0.05) is 44.2 Å². The molecular weight excluding hydrogens is 398 g/mol. The molecule has 1 fully saturated rings. The van der Waals surface area contributed by atoms with Crippen molar-refractivity contribution in [2.45, 2.75) is 32.4 Å². The molecule has 3 rings (SSSR count). The summed E-state index contributed by atoms with van der Waals surface area (Å²) in [7, 11) is -1.36. The summed E-state index contributed by atoms with van der Waals surface area (Å²) in [5.74, 6) is -0.226. The Balaban J connectivity index is 1.69. The SMILES string of the molecule is CCc1cccc(CC)c1NC(=O)c1ccc(CS(=O)(=O)N2CCN(C)CC2)cc1. The van der Waals surface area contributed by atoms with E-state index in [1.165, 1.54) is 0 Å². The fraction of sp³-hybridized carbons (Fsp3) is 0.435. The number of aryl methyl sites for hydroxylation is 2. The van der Waals surface area contributed by atoms with Crippen molar-refractivity contribution in [2.24, 2.45) is 0 Å². The Morgan fingerprint density at radius 3 is 2.03 bits per heavy atom. The lowest BCUT2D eigenvalue weighted by atomic mass is 10.0. The van der Waals surface area contributed by atoms with Gasteiger partial charge in [-0.25, -0.2) is 8.42 Å². The second kappa shape index (κ2) is 9.73. The monoisotopic (exact) mass is 429 g/mol. The van der Waals surface area contributed by atoms with Gasteiger partial charge in [0.25, 0.3) is 5.91 Å². The van der Waals surface area contributed by atoms with Gasteiger partial charge in [-0.05, 0) is 48.7 Å². The van der Waals surface area contributed by atoms with Crippen molar-refractivity contribution in [2.75, 3.05) is 38.5 Å². The second-order valence-electron chi connectivity index (χ2n) is 7.77. The zero-order valence-corrected chi connectivity index (χ0v) is 18.8. The van der Waals surface area contributed by atoms with E-state index < -0.39 is 10.0 Å². The number of likely N-dealkylation sites (N-methyl/N-ethyl adjacent to an activating group) is 1. The number of carbonyl (C=O) groups is 1. The van der Waals surface area contributed by atoms with E-state index in [1.807, 2.05) is 25.2 Å². The van der Waals surface area contributed by atoms with E-state index in [-0.39, 0.29) is 11.7 Å². The van der Waals surface area contributed by atoms with Crippen LogP contribution in [-0.4, -0.2) is 56.8 Å². The lowest BCUT2D eigenvalue weighted by molar-refractivity contribution is 0.102. The Kier molecular flexibility index (Phi) is 7.28. The highest BCUT2D eigenvalue weighted by atomic mass is 32.2. The van der Waals surface area contributed by atoms with Crippen molar-refractivity contribution < 1.29 is 13.2 Å². The molecule has 0 aliphatic carbocycles. The Morgan fingerprint density at radius 2 is 1.50 bits per heavy atom. The van der Waals surface area contributed by atoms with E-state index in [9.17, 15) is 13.2 Å². The normalized spacial score (nSPS) is 15.8. The molecule has 1 aliphatic rings. The Hall–Kier alpha value is -2.22. The van der Waals surface area contributed by atoms with Gasteiger partial charge in [-0.15, -0.1) is 0 Å². The van der Waals surface area contributed by atoms with Crippen LogP contribution in [0.5, 0.6) is 0 Å². The van der Waals surface area contributed by atoms with Gasteiger partial charge >= 0.3 is 0 Å². The minimum absolute atomic E-state index is 0.0444. The highest BCUT2D eigenvalue weighted by molar-refractivity contribution is 7.88. The molecule has 0 radical (unpaired) electrons. The Morgan fingerprint density at radius 1 is 0.933 bits per heavy atom. The maximum absolute atomic E-state index is 12.8. The molecule has 0 spiro atoms. The topological polar surface area (TPSA) is 69.7 Å². The lowest BCUT2D eigenvalue weighted by Gasteiger charge is -2.31. The number of hydrogen-bond donors (Lipinski definition) is 1. The maximum atomic E-state index is 12.8. The van der Waals surface area contributed by atoms with Gasteiger partial charge in [0.1, 0.15) is 0 Å². The van der Waals surface area contributed by atoms with Gasteiger partial charge < -0.3 is 10.2 Å². The summed E-state index contributed by atoms with van der Waals surface area (Å²) < 4.78 is 26.9. The van der Waals surface area contributed by atoms with Crippen LogP contribution in [0, 0.1) is 0 Å². The first-order valence-electron chi connectivity index (χ1n) is 10.5. The van der Waals surface area contributed by atoms with Gasteiger partial charge in [0.15, 0.2) is 0 Å². The van der Waals surface area contributed by atoms with Crippen molar-refractivity contribution in [1.82, 2.24) is 9.21 Å². The van der Waals surface area contributed by atoms with Crippen LogP contribution in [-0.2, 0) is 28.6 Å². The third-order valence-corrected chi connectivity index (χ3v) is 7.51. The molecule has 2 aromatic rings. The number of nitrogens with one attached hydrogen (secondary N) is 1. The third kappa shape index (κ3) is 5.28. The number of nitrogens with zero attached hydrogens (tertiary/aromatic N) is 2. The van der Waals surface area contributed by atoms with Gasteiger partial charge in [0.05, 0.1) is 5.75 Å². The van der Waals surface area contributed by atoms with E-state index in [1.54, 1.807) is 28.6 Å². The van der Waals surface area contributed by atoms with E-state index in [4.69, 9.17) is 0 Å². The average Bonchev–Trinajstić information content (AvgIpc) is 2.74. The molecule has 0 bridgehead atoms. The van der Waals surface area contributed by atoms with Gasteiger partial charge in [0, 0.05) is 37.4 Å². The highest BCUT2D eigenvalue weighted by Gasteiger charge is 2.25. The number of sulfonamides is 1. The number of rotatable bonds is 7. The van der Waals surface area contributed by atoms with E-state index >= 15 is 0 Å². The number of hydrogen-bond acceptors (Lipinski definition) is 4. The molecule has 1 heterocycles. The molecule has 2 aromatic carbocycles. The highest BCUT2D eigenvalue weighted by Crippen LogP contribution is 2.23.